The molecule has 1 heterocycles. The topological polar surface area (TPSA) is 94.9 Å². The van der Waals surface area contributed by atoms with Crippen molar-refractivity contribution in [2.75, 3.05) is 13.1 Å². The van der Waals surface area contributed by atoms with Gasteiger partial charge in [-0.15, -0.1) is 0 Å². The van der Waals surface area contributed by atoms with Crippen LogP contribution in [0, 0.1) is 0 Å². The van der Waals surface area contributed by atoms with Gasteiger partial charge in [0.15, 0.2) is 0 Å². The number of rotatable bonds is 4. The van der Waals surface area contributed by atoms with Crippen molar-refractivity contribution in [3.8, 4) is 0 Å². The number of benzene rings is 1. The summed E-state index contributed by atoms with van der Waals surface area (Å²) < 4.78 is 26.2. The van der Waals surface area contributed by atoms with Crippen molar-refractivity contribution in [2.45, 2.75) is 37.2 Å². The molecule has 7 heteroatoms. The number of sulfonamides is 1. The number of carboxylic acid groups (broad SMARTS) is 1. The Morgan fingerprint density at radius 1 is 1.43 bits per heavy atom. The van der Waals surface area contributed by atoms with E-state index in [0.29, 0.717) is 18.4 Å². The average Bonchev–Trinajstić information content (AvgIpc) is 2.78. The lowest BCUT2D eigenvalue weighted by Gasteiger charge is -2.19. The molecule has 1 aliphatic heterocycles. The maximum absolute atomic E-state index is 12.5. The number of aromatic carboxylic acids is 1. The molecule has 21 heavy (non-hydrogen) atoms. The van der Waals surface area contributed by atoms with Gasteiger partial charge >= 0.3 is 5.97 Å². The Morgan fingerprint density at radius 3 is 2.57 bits per heavy atom. The molecular weight excluding hydrogens is 294 g/mol. The molecule has 0 bridgehead atoms. The SMILES string of the molecule is CCc1ccc(S(=O)(=O)N2CCC(C)(O)C2)cc1C(=O)O. The van der Waals surface area contributed by atoms with E-state index in [4.69, 9.17) is 0 Å². The van der Waals surface area contributed by atoms with Gasteiger partial charge in [0.2, 0.25) is 10.0 Å². The Hall–Kier alpha value is -1.44. The molecule has 0 aromatic heterocycles. The van der Waals surface area contributed by atoms with E-state index in [1.54, 1.807) is 6.92 Å². The molecule has 0 spiro atoms. The molecule has 0 aliphatic carbocycles. The van der Waals surface area contributed by atoms with Crippen LogP contribution in [0.1, 0.15) is 36.2 Å². The molecule has 6 nitrogen and oxygen atoms in total. The van der Waals surface area contributed by atoms with Gasteiger partial charge in [0.1, 0.15) is 0 Å². The molecule has 1 aromatic rings. The standard InChI is InChI=1S/C14H19NO5S/c1-3-10-4-5-11(8-12(10)13(16)17)21(19,20)15-7-6-14(2,18)9-15/h4-5,8,18H,3,6-7,9H2,1-2H3,(H,16,17). The molecule has 0 radical (unpaired) electrons. The van der Waals surface area contributed by atoms with Crippen LogP contribution in [-0.4, -0.2) is 47.6 Å². The van der Waals surface area contributed by atoms with Crippen LogP contribution in [0.15, 0.2) is 23.1 Å². The normalized spacial score (nSPS) is 23.4. The predicted molar refractivity (Wildman–Crippen MR) is 76.8 cm³/mol. The Kier molecular flexibility index (Phi) is 4.10. The summed E-state index contributed by atoms with van der Waals surface area (Å²) in [6, 6.07) is 4.15. The van der Waals surface area contributed by atoms with Crippen LogP contribution in [0.3, 0.4) is 0 Å². The Bertz CT molecular complexity index is 666. The van der Waals surface area contributed by atoms with E-state index in [9.17, 15) is 23.4 Å². The first-order valence-corrected chi connectivity index (χ1v) is 8.20. The van der Waals surface area contributed by atoms with Crippen LogP contribution in [0.5, 0.6) is 0 Å². The first kappa shape index (κ1) is 15.9. The second kappa shape index (κ2) is 5.40. The van der Waals surface area contributed by atoms with Gasteiger partial charge in [-0.25, -0.2) is 13.2 Å². The van der Waals surface area contributed by atoms with E-state index in [1.165, 1.54) is 22.5 Å². The fourth-order valence-electron chi connectivity index (χ4n) is 2.48. The van der Waals surface area contributed by atoms with E-state index in [2.05, 4.69) is 0 Å². The molecule has 1 unspecified atom stereocenters. The molecule has 0 saturated carbocycles. The van der Waals surface area contributed by atoms with E-state index in [1.807, 2.05) is 6.92 Å². The van der Waals surface area contributed by atoms with E-state index >= 15 is 0 Å². The number of β-amino-alcohol motifs (C(OH)–C–C–N with tert-alkyl or cyclic N) is 1. The van der Waals surface area contributed by atoms with Crippen LogP contribution in [-0.2, 0) is 16.4 Å². The highest BCUT2D eigenvalue weighted by Gasteiger charge is 2.38. The zero-order valence-corrected chi connectivity index (χ0v) is 12.9. The molecule has 1 saturated heterocycles. The summed E-state index contributed by atoms with van der Waals surface area (Å²) in [5.41, 5.74) is -0.439. The van der Waals surface area contributed by atoms with Crippen LogP contribution in [0.4, 0.5) is 0 Å². The predicted octanol–water partition coefficient (Wildman–Crippen LogP) is 1.09. The summed E-state index contributed by atoms with van der Waals surface area (Å²) >= 11 is 0. The fourth-order valence-corrected chi connectivity index (χ4v) is 4.07. The largest absolute Gasteiger partial charge is 0.478 e. The Labute approximate surface area is 124 Å². The summed E-state index contributed by atoms with van der Waals surface area (Å²) in [5, 5.41) is 19.1. The molecule has 1 aromatic carbocycles. The number of hydrogen-bond donors (Lipinski definition) is 2. The summed E-state index contributed by atoms with van der Waals surface area (Å²) in [7, 11) is -3.78. The number of carbonyl (C=O) groups is 1. The van der Waals surface area contributed by atoms with Crippen molar-refractivity contribution in [1.82, 2.24) is 4.31 Å². The summed E-state index contributed by atoms with van der Waals surface area (Å²) in [6.45, 7) is 3.65. The van der Waals surface area contributed by atoms with Crippen LogP contribution >= 0.6 is 0 Å². The van der Waals surface area contributed by atoms with E-state index < -0.39 is 21.6 Å². The van der Waals surface area contributed by atoms with E-state index in [-0.39, 0.29) is 23.5 Å². The van der Waals surface area contributed by atoms with Gasteiger partial charge in [0.05, 0.1) is 16.1 Å². The number of hydrogen-bond acceptors (Lipinski definition) is 4. The highest BCUT2D eigenvalue weighted by atomic mass is 32.2. The molecule has 0 amide bonds. The second-order valence-electron chi connectivity index (χ2n) is 5.56. The Balaban J connectivity index is 2.42. The van der Waals surface area contributed by atoms with Gasteiger partial charge in [0.25, 0.3) is 0 Å². The zero-order chi connectivity index (χ0) is 15.8. The molecule has 1 aliphatic rings. The smallest absolute Gasteiger partial charge is 0.336 e. The van der Waals surface area contributed by atoms with Crippen molar-refractivity contribution < 1.29 is 23.4 Å². The molecule has 2 rings (SSSR count). The molecule has 1 fully saturated rings. The van der Waals surface area contributed by atoms with Gasteiger partial charge < -0.3 is 10.2 Å². The minimum absolute atomic E-state index is 0.00420. The third kappa shape index (κ3) is 3.09. The molecular formula is C14H19NO5S. The summed E-state index contributed by atoms with van der Waals surface area (Å²) in [5.74, 6) is -1.14. The van der Waals surface area contributed by atoms with Gasteiger partial charge in [-0.05, 0) is 37.5 Å². The average molecular weight is 313 g/mol. The minimum Gasteiger partial charge on any atom is -0.478 e. The van der Waals surface area contributed by atoms with E-state index in [0.717, 1.165) is 0 Å². The van der Waals surface area contributed by atoms with Crippen molar-refractivity contribution in [3.05, 3.63) is 29.3 Å². The lowest BCUT2D eigenvalue weighted by Crippen LogP contribution is -2.34. The highest BCUT2D eigenvalue weighted by Crippen LogP contribution is 2.27. The summed E-state index contributed by atoms with van der Waals surface area (Å²) in [4.78, 5) is 11.2. The van der Waals surface area contributed by atoms with Crippen molar-refractivity contribution >= 4 is 16.0 Å². The fraction of sp³-hybridized carbons (Fsp3) is 0.500. The van der Waals surface area contributed by atoms with Gasteiger partial charge in [-0.1, -0.05) is 13.0 Å². The van der Waals surface area contributed by atoms with Gasteiger partial charge in [-0.2, -0.15) is 4.31 Å². The number of nitrogens with zero attached hydrogens (tertiary/aromatic N) is 1. The second-order valence-corrected chi connectivity index (χ2v) is 7.50. The van der Waals surface area contributed by atoms with Gasteiger partial charge in [0, 0.05) is 13.1 Å². The summed E-state index contributed by atoms with van der Waals surface area (Å²) in [6.07, 6.45) is 0.880. The van der Waals surface area contributed by atoms with Crippen molar-refractivity contribution in [3.63, 3.8) is 0 Å². The quantitative estimate of drug-likeness (QED) is 0.867. The zero-order valence-electron chi connectivity index (χ0n) is 12.0. The van der Waals surface area contributed by atoms with Crippen LogP contribution in [0.25, 0.3) is 0 Å². The van der Waals surface area contributed by atoms with Crippen LogP contribution in [0.2, 0.25) is 0 Å². The lowest BCUT2D eigenvalue weighted by molar-refractivity contribution is 0.0694. The third-order valence-corrected chi connectivity index (χ3v) is 5.59. The molecule has 116 valence electrons. The maximum atomic E-state index is 12.5. The van der Waals surface area contributed by atoms with Crippen molar-refractivity contribution in [1.29, 1.82) is 0 Å². The Morgan fingerprint density at radius 2 is 2.10 bits per heavy atom. The molecule has 1 atom stereocenters. The molecule has 2 N–H and O–H groups in total. The first-order valence-electron chi connectivity index (χ1n) is 6.76. The first-order chi connectivity index (χ1) is 9.67. The minimum atomic E-state index is -3.78. The number of aryl methyl sites for hydroxylation is 1. The maximum Gasteiger partial charge on any atom is 0.336 e. The monoisotopic (exact) mass is 313 g/mol. The highest BCUT2D eigenvalue weighted by molar-refractivity contribution is 7.89. The van der Waals surface area contributed by atoms with Gasteiger partial charge in [-0.3, -0.25) is 0 Å². The lowest BCUT2D eigenvalue weighted by atomic mass is 10.1. The number of aliphatic hydroxyl groups is 1. The number of carboxylic acids is 1. The van der Waals surface area contributed by atoms with Crippen LogP contribution < -0.4 is 0 Å². The third-order valence-electron chi connectivity index (χ3n) is 3.75. The van der Waals surface area contributed by atoms with Crippen molar-refractivity contribution in [2.24, 2.45) is 0 Å².